The number of amidine groups is 1. The predicted octanol–water partition coefficient (Wildman–Crippen LogP) is 3.47. The van der Waals surface area contributed by atoms with Crippen LogP contribution in [0.25, 0.3) is 0 Å². The van der Waals surface area contributed by atoms with E-state index in [-0.39, 0.29) is 11.8 Å². The van der Waals surface area contributed by atoms with Crippen LogP contribution in [0.3, 0.4) is 0 Å². The molecule has 0 fully saturated rings. The Hall–Kier alpha value is -1.37. The number of halogens is 1. The second-order valence-corrected chi connectivity index (χ2v) is 7.23. The highest BCUT2D eigenvalue weighted by Crippen LogP contribution is 2.23. The number of likely N-dealkylation sites (N-methyl/N-ethyl adjacent to an activating group) is 1. The third kappa shape index (κ3) is 4.56. The molecule has 0 spiro atoms. The number of oxime groups is 1. The van der Waals surface area contributed by atoms with Crippen molar-refractivity contribution in [1.82, 2.24) is 4.90 Å². The van der Waals surface area contributed by atoms with Crippen LogP contribution in [0.4, 0.5) is 0 Å². The van der Waals surface area contributed by atoms with Gasteiger partial charge in [0.2, 0.25) is 0 Å². The summed E-state index contributed by atoms with van der Waals surface area (Å²) in [5, 5.41) is 14.3. The molecule has 0 aliphatic rings. The number of benzene rings is 1. The van der Waals surface area contributed by atoms with Crippen LogP contribution >= 0.6 is 27.3 Å². The molecule has 112 valence electrons. The number of hydrogen-bond acceptors (Lipinski definition) is 4. The van der Waals surface area contributed by atoms with Crippen molar-refractivity contribution >= 4 is 33.1 Å². The summed E-state index contributed by atoms with van der Waals surface area (Å²) in [4.78, 5) is 2.17. The fraction of sp³-hybridized carbons (Fsp3) is 0.267. The molecule has 4 nitrogen and oxygen atoms in total. The van der Waals surface area contributed by atoms with Crippen LogP contribution in [0.15, 0.2) is 50.7 Å². The zero-order chi connectivity index (χ0) is 15.2. The van der Waals surface area contributed by atoms with Crippen LogP contribution in [0.2, 0.25) is 0 Å². The highest BCUT2D eigenvalue weighted by atomic mass is 79.9. The monoisotopic (exact) mass is 367 g/mol. The Morgan fingerprint density at radius 3 is 2.71 bits per heavy atom. The molecule has 1 heterocycles. The van der Waals surface area contributed by atoms with E-state index in [1.807, 2.05) is 37.4 Å². The first-order valence-electron chi connectivity index (χ1n) is 6.54. The summed E-state index contributed by atoms with van der Waals surface area (Å²) < 4.78 is 1.13. The Morgan fingerprint density at radius 2 is 2.14 bits per heavy atom. The quantitative estimate of drug-likeness (QED) is 0.355. The van der Waals surface area contributed by atoms with Crippen LogP contribution in [-0.4, -0.2) is 29.5 Å². The summed E-state index contributed by atoms with van der Waals surface area (Å²) in [6.45, 7) is 1.51. The first kappa shape index (κ1) is 16.0. The zero-order valence-corrected chi connectivity index (χ0v) is 14.1. The van der Waals surface area contributed by atoms with Crippen molar-refractivity contribution in [1.29, 1.82) is 0 Å². The van der Waals surface area contributed by atoms with Gasteiger partial charge in [-0.05, 0) is 45.6 Å². The van der Waals surface area contributed by atoms with Gasteiger partial charge in [-0.3, -0.25) is 0 Å². The van der Waals surface area contributed by atoms with Gasteiger partial charge >= 0.3 is 0 Å². The minimum absolute atomic E-state index is 0.122. The fourth-order valence-electron chi connectivity index (χ4n) is 2.24. The molecule has 0 aliphatic carbocycles. The molecule has 0 saturated carbocycles. The molecule has 0 radical (unpaired) electrons. The van der Waals surface area contributed by atoms with E-state index < -0.39 is 0 Å². The number of rotatable bonds is 6. The molecular weight excluding hydrogens is 350 g/mol. The number of nitrogens with two attached hydrogens (primary N) is 1. The van der Waals surface area contributed by atoms with E-state index in [2.05, 4.69) is 37.4 Å². The largest absolute Gasteiger partial charge is 0.409 e. The van der Waals surface area contributed by atoms with Gasteiger partial charge in [-0.15, -0.1) is 11.3 Å². The van der Waals surface area contributed by atoms with Crippen LogP contribution in [0, 0.1) is 0 Å². The van der Waals surface area contributed by atoms with Gasteiger partial charge in [-0.25, -0.2) is 0 Å². The normalized spacial score (nSPS) is 13.6. The van der Waals surface area contributed by atoms with Crippen molar-refractivity contribution in [3.63, 3.8) is 0 Å². The molecule has 1 aromatic heterocycles. The Bertz CT molecular complexity index is 600. The summed E-state index contributed by atoms with van der Waals surface area (Å²) >= 11 is 5.15. The van der Waals surface area contributed by atoms with Crippen LogP contribution in [0.1, 0.15) is 17.0 Å². The molecule has 1 atom stereocenters. The van der Waals surface area contributed by atoms with E-state index in [1.54, 1.807) is 11.3 Å². The first-order chi connectivity index (χ1) is 10.1. The van der Waals surface area contributed by atoms with E-state index in [4.69, 9.17) is 10.9 Å². The van der Waals surface area contributed by atoms with E-state index in [0.29, 0.717) is 6.54 Å². The zero-order valence-electron chi connectivity index (χ0n) is 11.7. The number of thiophene rings is 1. The smallest absolute Gasteiger partial charge is 0.147 e. The average Bonchev–Trinajstić information content (AvgIpc) is 2.90. The van der Waals surface area contributed by atoms with Gasteiger partial charge in [0.1, 0.15) is 5.84 Å². The molecule has 0 saturated heterocycles. The molecule has 1 unspecified atom stereocenters. The van der Waals surface area contributed by atoms with Gasteiger partial charge in [0.05, 0.1) is 9.70 Å². The summed E-state index contributed by atoms with van der Waals surface area (Å²) in [7, 11) is 2.03. The van der Waals surface area contributed by atoms with Crippen molar-refractivity contribution < 1.29 is 5.21 Å². The van der Waals surface area contributed by atoms with Crippen LogP contribution in [-0.2, 0) is 6.54 Å². The Labute approximate surface area is 137 Å². The lowest BCUT2D eigenvalue weighted by Gasteiger charge is -2.23. The summed E-state index contributed by atoms with van der Waals surface area (Å²) in [6.07, 6.45) is 0. The molecule has 2 aromatic rings. The van der Waals surface area contributed by atoms with Crippen LogP contribution in [0.5, 0.6) is 0 Å². The van der Waals surface area contributed by atoms with Gasteiger partial charge < -0.3 is 15.8 Å². The molecular formula is C15H18BrN3OS. The SMILES string of the molecule is CN(Cc1csc(Br)c1)CC(C(N)=NO)c1ccccc1. The van der Waals surface area contributed by atoms with Crippen molar-refractivity contribution in [2.24, 2.45) is 10.9 Å². The molecule has 6 heteroatoms. The van der Waals surface area contributed by atoms with Crippen molar-refractivity contribution in [2.75, 3.05) is 13.6 Å². The highest BCUT2D eigenvalue weighted by Gasteiger charge is 2.19. The Kier molecular flexibility index (Phi) is 5.78. The minimum atomic E-state index is -0.122. The van der Waals surface area contributed by atoms with E-state index >= 15 is 0 Å². The third-order valence-electron chi connectivity index (χ3n) is 3.24. The molecule has 1 aromatic carbocycles. The van der Waals surface area contributed by atoms with Crippen LogP contribution < -0.4 is 5.73 Å². The molecule has 3 N–H and O–H groups in total. The lowest BCUT2D eigenvalue weighted by atomic mass is 9.97. The average molecular weight is 368 g/mol. The lowest BCUT2D eigenvalue weighted by Crippen LogP contribution is -2.32. The van der Waals surface area contributed by atoms with E-state index in [1.165, 1.54) is 5.56 Å². The second kappa shape index (κ2) is 7.59. The topological polar surface area (TPSA) is 61.8 Å². The molecule has 21 heavy (non-hydrogen) atoms. The molecule has 0 amide bonds. The maximum atomic E-state index is 9.01. The molecule has 0 aliphatic heterocycles. The predicted molar refractivity (Wildman–Crippen MR) is 90.9 cm³/mol. The maximum Gasteiger partial charge on any atom is 0.147 e. The number of hydrogen-bond donors (Lipinski definition) is 2. The van der Waals surface area contributed by atoms with Crippen molar-refractivity contribution in [2.45, 2.75) is 12.5 Å². The Balaban J connectivity index is 2.08. The van der Waals surface area contributed by atoms with Crippen molar-refractivity contribution in [3.05, 3.63) is 56.7 Å². The van der Waals surface area contributed by atoms with E-state index in [9.17, 15) is 0 Å². The minimum Gasteiger partial charge on any atom is -0.409 e. The fourth-order valence-corrected chi connectivity index (χ4v) is 3.44. The third-order valence-corrected chi connectivity index (χ3v) is 4.80. The summed E-state index contributed by atoms with van der Waals surface area (Å²) in [5.74, 6) is 0.114. The van der Waals surface area contributed by atoms with Gasteiger partial charge in [0.25, 0.3) is 0 Å². The standard InChI is InChI=1S/C15H18BrN3OS/c1-19(8-11-7-14(16)21-10-11)9-13(15(17)18-20)12-5-3-2-4-6-12/h2-7,10,13,20H,8-9H2,1H3,(H2,17,18). The van der Waals surface area contributed by atoms with Gasteiger partial charge in [-0.2, -0.15) is 0 Å². The summed E-state index contributed by atoms with van der Waals surface area (Å²) in [6, 6.07) is 12.0. The molecule has 0 bridgehead atoms. The second-order valence-electron chi connectivity index (χ2n) is 4.94. The van der Waals surface area contributed by atoms with Gasteiger partial charge in [0.15, 0.2) is 0 Å². The maximum absolute atomic E-state index is 9.01. The Morgan fingerprint density at radius 1 is 1.43 bits per heavy atom. The highest BCUT2D eigenvalue weighted by molar-refractivity contribution is 9.11. The van der Waals surface area contributed by atoms with Crippen molar-refractivity contribution in [3.8, 4) is 0 Å². The van der Waals surface area contributed by atoms with E-state index in [0.717, 1.165) is 15.9 Å². The van der Waals surface area contributed by atoms with Gasteiger partial charge in [-0.1, -0.05) is 35.5 Å². The van der Waals surface area contributed by atoms with Gasteiger partial charge in [0, 0.05) is 13.1 Å². The summed E-state index contributed by atoms with van der Waals surface area (Å²) in [5.41, 5.74) is 8.16. The lowest BCUT2D eigenvalue weighted by molar-refractivity contribution is 0.302. The first-order valence-corrected chi connectivity index (χ1v) is 8.21. The molecule has 2 rings (SSSR count). The number of nitrogens with zero attached hydrogens (tertiary/aromatic N) is 2.